The molecule has 0 spiro atoms. The quantitative estimate of drug-likeness (QED) is 0.614. The maximum atomic E-state index is 11.0. The summed E-state index contributed by atoms with van der Waals surface area (Å²) in [5.74, 6) is 4.17. The van der Waals surface area contributed by atoms with E-state index in [4.69, 9.17) is 5.11 Å². The molecule has 0 aromatic rings. The van der Waals surface area contributed by atoms with Crippen LogP contribution in [0.25, 0.3) is 0 Å². The van der Waals surface area contributed by atoms with Crippen LogP contribution in [0.15, 0.2) is 0 Å². The van der Waals surface area contributed by atoms with Gasteiger partial charge < -0.3 is 10.2 Å². The predicted octanol–water partition coefficient (Wildman–Crippen LogP) is 5.90. The van der Waals surface area contributed by atoms with E-state index in [0.29, 0.717) is 17.3 Å². The minimum Gasteiger partial charge on any atom is -0.481 e. The second kappa shape index (κ2) is 7.60. The minimum absolute atomic E-state index is 0.0670. The number of fused-ring (bicyclic) bond motifs is 5. The summed E-state index contributed by atoms with van der Waals surface area (Å²) in [4.78, 5) is 11.0. The molecule has 9 atom stereocenters. The van der Waals surface area contributed by atoms with Crippen molar-refractivity contribution < 1.29 is 15.0 Å². The Morgan fingerprint density at radius 2 is 1.68 bits per heavy atom. The molecule has 0 aromatic heterocycles. The van der Waals surface area contributed by atoms with Crippen LogP contribution in [-0.2, 0) is 4.79 Å². The average molecular weight is 391 g/mol. The van der Waals surface area contributed by atoms with Crippen LogP contribution < -0.4 is 0 Å². The summed E-state index contributed by atoms with van der Waals surface area (Å²) in [6, 6.07) is 0. The van der Waals surface area contributed by atoms with Crippen LogP contribution in [0.1, 0.15) is 97.8 Å². The summed E-state index contributed by atoms with van der Waals surface area (Å²) >= 11 is 0. The monoisotopic (exact) mass is 390 g/mol. The van der Waals surface area contributed by atoms with Crippen molar-refractivity contribution in [1.29, 1.82) is 0 Å². The van der Waals surface area contributed by atoms with Crippen molar-refractivity contribution in [2.75, 3.05) is 0 Å². The molecular formula is C25H42O3. The highest BCUT2D eigenvalue weighted by Crippen LogP contribution is 2.69. The van der Waals surface area contributed by atoms with Crippen molar-refractivity contribution in [2.24, 2.45) is 46.3 Å². The molecule has 4 saturated carbocycles. The number of aliphatic hydroxyl groups is 1. The number of carboxylic acid groups (broad SMARTS) is 1. The summed E-state index contributed by atoms with van der Waals surface area (Å²) in [5, 5.41) is 19.4. The molecule has 0 aliphatic heterocycles. The zero-order valence-electron chi connectivity index (χ0n) is 18.3. The average Bonchev–Trinajstić information content (AvgIpc) is 2.98. The Bertz CT molecular complexity index is 588. The molecule has 2 N–H and O–H groups in total. The van der Waals surface area contributed by atoms with E-state index in [9.17, 15) is 9.90 Å². The Labute approximate surface area is 171 Å². The lowest BCUT2D eigenvalue weighted by atomic mass is 9.42. The molecular weight excluding hydrogens is 348 g/mol. The highest BCUT2D eigenvalue weighted by atomic mass is 16.4. The fourth-order valence-corrected chi connectivity index (χ4v) is 9.02. The van der Waals surface area contributed by atoms with E-state index in [0.717, 1.165) is 61.2 Å². The van der Waals surface area contributed by atoms with E-state index in [1.54, 1.807) is 0 Å². The number of rotatable bonds is 5. The topological polar surface area (TPSA) is 57.5 Å². The van der Waals surface area contributed by atoms with Crippen LogP contribution in [0.3, 0.4) is 0 Å². The van der Waals surface area contributed by atoms with Gasteiger partial charge in [0.1, 0.15) is 0 Å². The van der Waals surface area contributed by atoms with E-state index in [2.05, 4.69) is 20.8 Å². The first-order valence-electron chi connectivity index (χ1n) is 12.2. The second-order valence-electron chi connectivity index (χ2n) is 11.4. The van der Waals surface area contributed by atoms with E-state index < -0.39 is 5.97 Å². The van der Waals surface area contributed by atoms with E-state index in [1.165, 1.54) is 44.9 Å². The van der Waals surface area contributed by atoms with Crippen LogP contribution in [-0.4, -0.2) is 22.3 Å². The molecule has 0 heterocycles. The van der Waals surface area contributed by atoms with Gasteiger partial charge in [-0.05, 0) is 111 Å². The Morgan fingerprint density at radius 1 is 0.964 bits per heavy atom. The minimum atomic E-state index is -0.639. The fraction of sp³-hybridized carbons (Fsp3) is 0.960. The maximum Gasteiger partial charge on any atom is 0.303 e. The molecule has 4 fully saturated rings. The number of hydrogen-bond acceptors (Lipinski definition) is 2. The first-order valence-corrected chi connectivity index (χ1v) is 12.2. The molecule has 0 saturated heterocycles. The van der Waals surface area contributed by atoms with E-state index in [-0.39, 0.29) is 6.10 Å². The number of carboxylic acids is 1. The Morgan fingerprint density at radius 3 is 2.39 bits per heavy atom. The third kappa shape index (κ3) is 3.24. The number of hydrogen-bond donors (Lipinski definition) is 2. The van der Waals surface area contributed by atoms with Gasteiger partial charge in [-0.25, -0.2) is 0 Å². The van der Waals surface area contributed by atoms with E-state index >= 15 is 0 Å². The first-order chi connectivity index (χ1) is 13.3. The summed E-state index contributed by atoms with van der Waals surface area (Å²) in [6.45, 7) is 7.52. The molecule has 3 heteroatoms. The summed E-state index contributed by atoms with van der Waals surface area (Å²) in [6.07, 6.45) is 13.6. The highest BCUT2D eigenvalue weighted by Gasteiger charge is 2.61. The van der Waals surface area contributed by atoms with E-state index in [1.807, 2.05) is 0 Å². The fourth-order valence-electron chi connectivity index (χ4n) is 9.02. The van der Waals surface area contributed by atoms with Crippen LogP contribution in [0.4, 0.5) is 0 Å². The van der Waals surface area contributed by atoms with Gasteiger partial charge in [-0.2, -0.15) is 0 Å². The third-order valence-electron chi connectivity index (χ3n) is 10.5. The molecule has 6 unspecified atom stereocenters. The van der Waals surface area contributed by atoms with Crippen LogP contribution in [0.5, 0.6) is 0 Å². The van der Waals surface area contributed by atoms with Gasteiger partial charge in [0.15, 0.2) is 0 Å². The molecule has 28 heavy (non-hydrogen) atoms. The molecule has 0 bridgehead atoms. The zero-order chi connectivity index (χ0) is 20.1. The van der Waals surface area contributed by atoms with Crippen LogP contribution in [0.2, 0.25) is 0 Å². The molecule has 0 radical (unpaired) electrons. The van der Waals surface area contributed by atoms with Gasteiger partial charge in [0.2, 0.25) is 0 Å². The van der Waals surface area contributed by atoms with Crippen molar-refractivity contribution in [3.05, 3.63) is 0 Å². The molecule has 160 valence electrons. The maximum absolute atomic E-state index is 11.0. The number of aliphatic hydroxyl groups excluding tert-OH is 1. The SMILES string of the molecule is CC[C@H]1CC2C(CCC3(C)C2CC[C@@H]3CCCC(=O)O)C2(C)CC[C@@H](O)CC12. The van der Waals surface area contributed by atoms with Gasteiger partial charge in [-0.1, -0.05) is 27.2 Å². The van der Waals surface area contributed by atoms with Crippen molar-refractivity contribution in [2.45, 2.75) is 104 Å². The normalized spacial score (nSPS) is 50.5. The summed E-state index contributed by atoms with van der Waals surface area (Å²) in [5.41, 5.74) is 0.876. The van der Waals surface area contributed by atoms with Crippen molar-refractivity contribution in [1.82, 2.24) is 0 Å². The number of carbonyl (C=O) groups is 1. The second-order valence-corrected chi connectivity index (χ2v) is 11.4. The van der Waals surface area contributed by atoms with Gasteiger partial charge in [-0.3, -0.25) is 4.79 Å². The Balaban J connectivity index is 1.54. The van der Waals surface area contributed by atoms with Gasteiger partial charge in [0.05, 0.1) is 6.10 Å². The number of aliphatic carboxylic acids is 1. The molecule has 0 aromatic carbocycles. The lowest BCUT2D eigenvalue weighted by Gasteiger charge is -2.63. The van der Waals surface area contributed by atoms with Gasteiger partial charge in [0.25, 0.3) is 0 Å². The Hall–Kier alpha value is -0.570. The van der Waals surface area contributed by atoms with Crippen molar-refractivity contribution in [3.63, 3.8) is 0 Å². The standard InChI is InChI=1S/C25H42O3/c1-4-16-14-19-20-9-8-17(6-5-7-23(27)28)24(20,2)13-11-21(19)25(3)12-10-18(26)15-22(16)25/h16-22,26H,4-15H2,1-3H3,(H,27,28)/t16-,17-,18+,19?,20?,21?,22?,24?,25?/m0/s1. The Kier molecular flexibility index (Phi) is 5.61. The van der Waals surface area contributed by atoms with Crippen molar-refractivity contribution >= 4 is 5.97 Å². The molecule has 0 amide bonds. The lowest BCUT2D eigenvalue weighted by Crippen LogP contribution is -2.56. The first kappa shape index (κ1) is 20.7. The summed E-state index contributed by atoms with van der Waals surface area (Å²) in [7, 11) is 0. The third-order valence-corrected chi connectivity index (χ3v) is 10.5. The van der Waals surface area contributed by atoms with Gasteiger partial charge >= 0.3 is 5.97 Å². The lowest BCUT2D eigenvalue weighted by molar-refractivity contribution is -0.151. The molecule has 3 nitrogen and oxygen atoms in total. The highest BCUT2D eigenvalue weighted by molar-refractivity contribution is 5.66. The largest absolute Gasteiger partial charge is 0.481 e. The smallest absolute Gasteiger partial charge is 0.303 e. The van der Waals surface area contributed by atoms with Crippen LogP contribution >= 0.6 is 0 Å². The molecule has 4 aliphatic carbocycles. The predicted molar refractivity (Wildman–Crippen MR) is 112 cm³/mol. The zero-order valence-corrected chi connectivity index (χ0v) is 18.3. The van der Waals surface area contributed by atoms with Gasteiger partial charge in [-0.15, -0.1) is 0 Å². The van der Waals surface area contributed by atoms with Gasteiger partial charge in [0, 0.05) is 6.42 Å². The molecule has 4 aliphatic rings. The van der Waals surface area contributed by atoms with Crippen molar-refractivity contribution in [3.8, 4) is 0 Å². The van der Waals surface area contributed by atoms with Crippen LogP contribution in [0, 0.1) is 46.3 Å². The summed E-state index contributed by atoms with van der Waals surface area (Å²) < 4.78 is 0. The molecule has 4 rings (SSSR count).